The lowest BCUT2D eigenvalue weighted by Crippen LogP contribution is -2.17. The number of carbonyl (C=O) groups excluding carboxylic acids is 1. The van der Waals surface area contributed by atoms with E-state index in [4.69, 9.17) is 9.47 Å². The zero-order valence-electron chi connectivity index (χ0n) is 14.4. The Balaban J connectivity index is 1.43. The van der Waals surface area contributed by atoms with Crippen LogP contribution in [0.25, 0.3) is 0 Å². The summed E-state index contributed by atoms with van der Waals surface area (Å²) in [6.45, 7) is 0.932. The van der Waals surface area contributed by atoms with Crippen LogP contribution >= 0.6 is 0 Å². The van der Waals surface area contributed by atoms with Crippen molar-refractivity contribution in [2.24, 2.45) is 0 Å². The Hall–Kier alpha value is -3.75. The van der Waals surface area contributed by atoms with Gasteiger partial charge in [0.05, 0.1) is 0 Å². The lowest BCUT2D eigenvalue weighted by Gasteiger charge is -2.18. The smallest absolute Gasteiger partial charge is 0.276 e. The fraction of sp³-hybridized carbons (Fsp3) is 0.105. The summed E-state index contributed by atoms with van der Waals surface area (Å²) in [5.74, 6) is -0.917. The molecule has 28 heavy (non-hydrogen) atoms. The molecule has 0 bridgehead atoms. The molecule has 0 atom stereocenters. The van der Waals surface area contributed by atoms with Crippen molar-refractivity contribution in [2.75, 3.05) is 23.8 Å². The lowest BCUT2D eigenvalue weighted by molar-refractivity contribution is 0.102. The number of anilines is 3. The van der Waals surface area contributed by atoms with Crippen LogP contribution < -0.4 is 20.1 Å². The van der Waals surface area contributed by atoms with Gasteiger partial charge in [0.1, 0.15) is 13.2 Å². The topological polar surface area (TPSA) is 85.4 Å². The third-order valence-electron chi connectivity index (χ3n) is 3.89. The third-order valence-corrected chi connectivity index (χ3v) is 3.89. The second kappa shape index (κ2) is 7.47. The second-order valence-corrected chi connectivity index (χ2v) is 5.87. The number of hydrogen-bond donors (Lipinski definition) is 2. The van der Waals surface area contributed by atoms with Crippen molar-refractivity contribution >= 4 is 23.1 Å². The molecule has 9 heteroatoms. The number of ether oxygens (including phenoxy) is 2. The van der Waals surface area contributed by atoms with Crippen molar-refractivity contribution in [3.8, 4) is 11.5 Å². The molecule has 0 spiro atoms. The molecule has 2 N–H and O–H groups in total. The van der Waals surface area contributed by atoms with Gasteiger partial charge in [0, 0.05) is 23.5 Å². The highest BCUT2D eigenvalue weighted by molar-refractivity contribution is 6.03. The zero-order chi connectivity index (χ0) is 19.5. The average Bonchev–Trinajstić information content (AvgIpc) is 2.71. The molecule has 0 unspecified atom stereocenters. The maximum atomic E-state index is 13.2. The number of halogens is 2. The molecule has 4 rings (SSSR count). The van der Waals surface area contributed by atoms with Crippen molar-refractivity contribution in [2.45, 2.75) is 0 Å². The Kier molecular flexibility index (Phi) is 4.71. The summed E-state index contributed by atoms with van der Waals surface area (Å²) in [6.07, 6.45) is 0. The van der Waals surface area contributed by atoms with E-state index in [1.165, 1.54) is 18.2 Å². The number of amides is 1. The normalized spacial score (nSPS) is 12.4. The molecule has 0 aliphatic carbocycles. The first-order valence-electron chi connectivity index (χ1n) is 8.35. The molecule has 1 aliphatic heterocycles. The number of benzene rings is 2. The predicted molar refractivity (Wildman–Crippen MR) is 97.1 cm³/mol. The van der Waals surface area contributed by atoms with Crippen LogP contribution in [0.5, 0.6) is 11.5 Å². The summed E-state index contributed by atoms with van der Waals surface area (Å²) in [7, 11) is 0. The van der Waals surface area contributed by atoms with E-state index >= 15 is 0 Å². The number of nitrogens with one attached hydrogen (secondary N) is 2. The Morgan fingerprint density at radius 2 is 1.64 bits per heavy atom. The Labute approximate surface area is 158 Å². The Morgan fingerprint density at radius 3 is 2.39 bits per heavy atom. The van der Waals surface area contributed by atoms with Gasteiger partial charge in [-0.3, -0.25) is 4.79 Å². The van der Waals surface area contributed by atoms with Gasteiger partial charge in [-0.15, -0.1) is 10.2 Å². The van der Waals surface area contributed by atoms with E-state index in [-0.39, 0.29) is 11.5 Å². The Bertz CT molecular complexity index is 1030. The maximum Gasteiger partial charge on any atom is 0.276 e. The number of hydrogen-bond acceptors (Lipinski definition) is 6. The molecular formula is C19H14F2N4O3. The van der Waals surface area contributed by atoms with E-state index in [1.807, 2.05) is 0 Å². The van der Waals surface area contributed by atoms with Crippen LogP contribution in [0.15, 0.2) is 48.5 Å². The van der Waals surface area contributed by atoms with Gasteiger partial charge in [0.25, 0.3) is 5.91 Å². The van der Waals surface area contributed by atoms with Gasteiger partial charge in [-0.1, -0.05) is 0 Å². The summed E-state index contributed by atoms with van der Waals surface area (Å²) in [5.41, 5.74) is 0.924. The van der Waals surface area contributed by atoms with Crippen molar-refractivity contribution < 1.29 is 23.0 Å². The van der Waals surface area contributed by atoms with Crippen molar-refractivity contribution in [3.63, 3.8) is 0 Å². The molecule has 142 valence electrons. The highest BCUT2D eigenvalue weighted by Gasteiger charge is 2.14. The minimum Gasteiger partial charge on any atom is -0.486 e. The first kappa shape index (κ1) is 17.7. The van der Waals surface area contributed by atoms with Crippen LogP contribution in [-0.2, 0) is 0 Å². The van der Waals surface area contributed by atoms with Crippen molar-refractivity contribution in [3.05, 3.63) is 65.9 Å². The quantitative estimate of drug-likeness (QED) is 0.716. The molecule has 3 aromatic rings. The van der Waals surface area contributed by atoms with Crippen LogP contribution in [0.2, 0.25) is 0 Å². The molecule has 0 saturated heterocycles. The monoisotopic (exact) mass is 384 g/mol. The van der Waals surface area contributed by atoms with Crippen LogP contribution in [0, 0.1) is 11.6 Å². The van der Waals surface area contributed by atoms with Crippen molar-refractivity contribution in [1.82, 2.24) is 10.2 Å². The van der Waals surface area contributed by atoms with E-state index < -0.39 is 17.5 Å². The Morgan fingerprint density at radius 1 is 0.857 bits per heavy atom. The van der Waals surface area contributed by atoms with Gasteiger partial charge in [-0.05, 0) is 36.4 Å². The number of fused-ring (bicyclic) bond motifs is 1. The summed E-state index contributed by atoms with van der Waals surface area (Å²) in [6, 6.07) is 11.4. The van der Waals surface area contributed by atoms with Crippen LogP contribution in [0.1, 0.15) is 10.5 Å². The van der Waals surface area contributed by atoms with E-state index in [2.05, 4.69) is 20.8 Å². The number of nitrogens with zero attached hydrogens (tertiary/aromatic N) is 2. The van der Waals surface area contributed by atoms with Gasteiger partial charge >= 0.3 is 0 Å². The SMILES string of the molecule is O=C(Nc1ccc2c(c1)OCCO2)c1ccc(Nc2ccc(F)c(F)c2)nn1. The summed E-state index contributed by atoms with van der Waals surface area (Å²) < 4.78 is 37.1. The molecule has 7 nitrogen and oxygen atoms in total. The first-order chi connectivity index (χ1) is 13.6. The lowest BCUT2D eigenvalue weighted by atomic mass is 10.2. The summed E-state index contributed by atoms with van der Waals surface area (Å²) in [4.78, 5) is 12.3. The molecule has 2 heterocycles. The predicted octanol–water partition coefficient (Wildman–Crippen LogP) is 3.52. The van der Waals surface area contributed by atoms with Crippen LogP contribution in [-0.4, -0.2) is 29.3 Å². The largest absolute Gasteiger partial charge is 0.486 e. The van der Waals surface area contributed by atoms with Crippen LogP contribution in [0.3, 0.4) is 0 Å². The van der Waals surface area contributed by atoms with Crippen molar-refractivity contribution in [1.29, 1.82) is 0 Å². The molecule has 1 aliphatic rings. The summed E-state index contributed by atoms with van der Waals surface area (Å²) in [5, 5.41) is 13.2. The van der Waals surface area contributed by atoms with E-state index in [0.717, 1.165) is 12.1 Å². The van der Waals surface area contributed by atoms with E-state index in [0.29, 0.717) is 36.1 Å². The highest BCUT2D eigenvalue weighted by atomic mass is 19.2. The van der Waals surface area contributed by atoms with E-state index in [9.17, 15) is 13.6 Å². The van der Waals surface area contributed by atoms with Gasteiger partial charge < -0.3 is 20.1 Å². The minimum atomic E-state index is -0.978. The fourth-order valence-electron chi connectivity index (χ4n) is 2.56. The standard InChI is InChI=1S/C19H14F2N4O3/c20-13-3-1-11(9-14(13)21)22-18-6-4-15(24-25-18)19(26)23-12-2-5-16-17(10-12)28-8-7-27-16/h1-6,9-10H,7-8H2,(H,22,25)(H,23,26). The summed E-state index contributed by atoms with van der Waals surface area (Å²) >= 11 is 0. The average molecular weight is 384 g/mol. The van der Waals surface area contributed by atoms with Gasteiger partial charge in [0.15, 0.2) is 34.6 Å². The van der Waals surface area contributed by atoms with E-state index in [1.54, 1.807) is 18.2 Å². The fourth-order valence-corrected chi connectivity index (χ4v) is 2.56. The molecule has 0 fully saturated rings. The number of aromatic nitrogens is 2. The number of carbonyl (C=O) groups is 1. The highest BCUT2D eigenvalue weighted by Crippen LogP contribution is 2.32. The van der Waals surface area contributed by atoms with Gasteiger partial charge in [-0.2, -0.15) is 0 Å². The van der Waals surface area contributed by atoms with Crippen LogP contribution in [0.4, 0.5) is 26.0 Å². The first-order valence-corrected chi connectivity index (χ1v) is 8.35. The molecule has 2 aromatic carbocycles. The molecule has 0 radical (unpaired) electrons. The molecule has 0 saturated carbocycles. The second-order valence-electron chi connectivity index (χ2n) is 5.87. The molecule has 1 aromatic heterocycles. The minimum absolute atomic E-state index is 0.0886. The number of rotatable bonds is 4. The maximum absolute atomic E-state index is 13.2. The molecule has 1 amide bonds. The molecular weight excluding hydrogens is 370 g/mol. The van der Waals surface area contributed by atoms with Gasteiger partial charge in [-0.25, -0.2) is 8.78 Å². The third kappa shape index (κ3) is 3.83. The van der Waals surface area contributed by atoms with Gasteiger partial charge in [0.2, 0.25) is 0 Å². The zero-order valence-corrected chi connectivity index (χ0v) is 14.4.